The van der Waals surface area contributed by atoms with Crippen molar-refractivity contribution in [1.82, 2.24) is 5.32 Å². The van der Waals surface area contributed by atoms with Gasteiger partial charge in [-0.05, 0) is 43.6 Å². The normalized spacial score (nSPS) is 25.1. The third-order valence-electron chi connectivity index (χ3n) is 4.60. The van der Waals surface area contributed by atoms with Crippen molar-refractivity contribution in [3.63, 3.8) is 0 Å². The van der Waals surface area contributed by atoms with Gasteiger partial charge in [-0.25, -0.2) is 0 Å². The fourth-order valence-corrected chi connectivity index (χ4v) is 3.49. The molecular weight excluding hydrogens is 206 g/mol. The van der Waals surface area contributed by atoms with Gasteiger partial charge in [0, 0.05) is 6.04 Å². The summed E-state index contributed by atoms with van der Waals surface area (Å²) in [6.45, 7) is 10.7. The molecular formula is C16H33N. The molecule has 1 fully saturated rings. The Kier molecular flexibility index (Phi) is 6.54. The van der Waals surface area contributed by atoms with Crippen molar-refractivity contribution in [1.29, 1.82) is 0 Å². The first-order chi connectivity index (χ1) is 8.11. The van der Waals surface area contributed by atoms with Crippen molar-refractivity contribution in [3.05, 3.63) is 0 Å². The van der Waals surface area contributed by atoms with Crippen LogP contribution in [-0.4, -0.2) is 12.6 Å². The van der Waals surface area contributed by atoms with E-state index in [1.807, 2.05) is 0 Å². The van der Waals surface area contributed by atoms with E-state index in [9.17, 15) is 0 Å². The van der Waals surface area contributed by atoms with Crippen LogP contribution in [0.25, 0.3) is 0 Å². The van der Waals surface area contributed by atoms with Crippen LogP contribution >= 0.6 is 0 Å². The average molecular weight is 239 g/mol. The summed E-state index contributed by atoms with van der Waals surface area (Å²) in [5.41, 5.74) is 0.567. The molecule has 0 saturated heterocycles. The van der Waals surface area contributed by atoms with E-state index in [0.717, 1.165) is 12.0 Å². The lowest BCUT2D eigenvalue weighted by Gasteiger charge is -2.35. The van der Waals surface area contributed by atoms with Crippen molar-refractivity contribution in [2.24, 2.45) is 11.3 Å². The molecule has 1 rings (SSSR count). The summed E-state index contributed by atoms with van der Waals surface area (Å²) < 4.78 is 0. The number of unbranched alkanes of at least 4 members (excludes halogenated alkanes) is 2. The second-order valence-corrected chi connectivity index (χ2v) is 6.54. The summed E-state index contributed by atoms with van der Waals surface area (Å²) in [4.78, 5) is 0. The van der Waals surface area contributed by atoms with Gasteiger partial charge in [-0.1, -0.05) is 53.4 Å². The predicted octanol–water partition coefficient (Wildman–Crippen LogP) is 4.76. The predicted molar refractivity (Wildman–Crippen MR) is 77.3 cm³/mol. The zero-order valence-electron chi connectivity index (χ0n) is 12.5. The van der Waals surface area contributed by atoms with Crippen LogP contribution in [-0.2, 0) is 0 Å². The first kappa shape index (κ1) is 15.0. The van der Waals surface area contributed by atoms with Gasteiger partial charge in [0.15, 0.2) is 0 Å². The zero-order valence-corrected chi connectivity index (χ0v) is 12.5. The van der Waals surface area contributed by atoms with E-state index >= 15 is 0 Å². The average Bonchev–Trinajstić information content (AvgIpc) is 2.63. The topological polar surface area (TPSA) is 12.0 Å². The standard InChI is InChI=1S/C16H33N/c1-5-7-8-11-15(17-13-6-2)14-10-9-12-16(14,3)4/h14-15,17H,5-13H2,1-4H3. The van der Waals surface area contributed by atoms with Crippen LogP contribution < -0.4 is 5.32 Å². The fourth-order valence-electron chi connectivity index (χ4n) is 3.49. The van der Waals surface area contributed by atoms with Crippen LogP contribution in [0, 0.1) is 11.3 Å². The van der Waals surface area contributed by atoms with Crippen molar-refractivity contribution in [2.75, 3.05) is 6.54 Å². The maximum atomic E-state index is 3.83. The Bertz CT molecular complexity index is 198. The van der Waals surface area contributed by atoms with Crippen molar-refractivity contribution >= 4 is 0 Å². The molecule has 1 aliphatic rings. The minimum Gasteiger partial charge on any atom is -0.314 e. The lowest BCUT2D eigenvalue weighted by molar-refractivity contribution is 0.187. The first-order valence-corrected chi connectivity index (χ1v) is 7.85. The van der Waals surface area contributed by atoms with Crippen molar-refractivity contribution in [2.45, 2.75) is 85.1 Å². The Hall–Kier alpha value is -0.0400. The number of hydrogen-bond acceptors (Lipinski definition) is 1. The van der Waals surface area contributed by atoms with Crippen molar-refractivity contribution in [3.8, 4) is 0 Å². The van der Waals surface area contributed by atoms with E-state index in [1.165, 1.54) is 57.9 Å². The maximum Gasteiger partial charge on any atom is 0.0100 e. The Morgan fingerprint density at radius 1 is 1.18 bits per heavy atom. The molecule has 0 aromatic rings. The number of nitrogens with one attached hydrogen (secondary N) is 1. The zero-order chi connectivity index (χ0) is 12.7. The molecule has 0 aliphatic heterocycles. The fraction of sp³-hybridized carbons (Fsp3) is 1.00. The molecule has 102 valence electrons. The molecule has 2 atom stereocenters. The van der Waals surface area contributed by atoms with Crippen LogP contribution in [0.4, 0.5) is 0 Å². The lowest BCUT2D eigenvalue weighted by Crippen LogP contribution is -2.41. The largest absolute Gasteiger partial charge is 0.314 e. The first-order valence-electron chi connectivity index (χ1n) is 7.85. The molecule has 0 spiro atoms. The molecule has 0 aromatic carbocycles. The molecule has 17 heavy (non-hydrogen) atoms. The quantitative estimate of drug-likeness (QED) is 0.602. The molecule has 0 radical (unpaired) electrons. The molecule has 0 bridgehead atoms. The van der Waals surface area contributed by atoms with Gasteiger partial charge in [-0.3, -0.25) is 0 Å². The molecule has 1 heteroatoms. The Balaban J connectivity index is 2.48. The highest BCUT2D eigenvalue weighted by molar-refractivity contribution is 4.92. The van der Waals surface area contributed by atoms with E-state index in [2.05, 4.69) is 33.0 Å². The molecule has 1 nitrogen and oxygen atoms in total. The smallest absolute Gasteiger partial charge is 0.0100 e. The minimum atomic E-state index is 0.567. The highest BCUT2D eigenvalue weighted by Crippen LogP contribution is 2.45. The molecule has 0 amide bonds. The highest BCUT2D eigenvalue weighted by Gasteiger charge is 2.38. The van der Waals surface area contributed by atoms with E-state index < -0.39 is 0 Å². The molecule has 2 unspecified atom stereocenters. The van der Waals surface area contributed by atoms with Gasteiger partial charge in [-0.2, -0.15) is 0 Å². The number of rotatable bonds is 8. The molecule has 1 aliphatic carbocycles. The maximum absolute atomic E-state index is 3.83. The van der Waals surface area contributed by atoms with Crippen LogP contribution in [0.3, 0.4) is 0 Å². The van der Waals surface area contributed by atoms with Gasteiger partial charge >= 0.3 is 0 Å². The third-order valence-corrected chi connectivity index (χ3v) is 4.60. The Morgan fingerprint density at radius 3 is 2.47 bits per heavy atom. The summed E-state index contributed by atoms with van der Waals surface area (Å²) in [5.74, 6) is 0.908. The van der Waals surface area contributed by atoms with Crippen molar-refractivity contribution < 1.29 is 0 Å². The third kappa shape index (κ3) is 4.62. The lowest BCUT2D eigenvalue weighted by atomic mass is 9.76. The van der Waals surface area contributed by atoms with Crippen LogP contribution in [0.5, 0.6) is 0 Å². The summed E-state index contributed by atoms with van der Waals surface area (Å²) in [5, 5.41) is 3.83. The van der Waals surface area contributed by atoms with E-state index in [4.69, 9.17) is 0 Å². The van der Waals surface area contributed by atoms with Gasteiger partial charge in [-0.15, -0.1) is 0 Å². The van der Waals surface area contributed by atoms with E-state index in [0.29, 0.717) is 5.41 Å². The van der Waals surface area contributed by atoms with Gasteiger partial charge in [0.05, 0.1) is 0 Å². The minimum absolute atomic E-state index is 0.567. The summed E-state index contributed by atoms with van der Waals surface area (Å²) in [7, 11) is 0. The second-order valence-electron chi connectivity index (χ2n) is 6.54. The SMILES string of the molecule is CCCCCC(NCCC)C1CCCC1(C)C. The molecule has 0 heterocycles. The highest BCUT2D eigenvalue weighted by atomic mass is 14.9. The summed E-state index contributed by atoms with van der Waals surface area (Å²) in [6.07, 6.45) is 11.1. The summed E-state index contributed by atoms with van der Waals surface area (Å²) >= 11 is 0. The van der Waals surface area contributed by atoms with Gasteiger partial charge in [0.25, 0.3) is 0 Å². The Morgan fingerprint density at radius 2 is 1.94 bits per heavy atom. The van der Waals surface area contributed by atoms with Gasteiger partial charge < -0.3 is 5.32 Å². The van der Waals surface area contributed by atoms with Crippen LogP contribution in [0.2, 0.25) is 0 Å². The van der Waals surface area contributed by atoms with Gasteiger partial charge in [0.2, 0.25) is 0 Å². The second kappa shape index (κ2) is 7.41. The monoisotopic (exact) mass is 239 g/mol. The summed E-state index contributed by atoms with van der Waals surface area (Å²) in [6, 6.07) is 0.777. The van der Waals surface area contributed by atoms with E-state index in [-0.39, 0.29) is 0 Å². The molecule has 0 aromatic heterocycles. The molecule has 1 saturated carbocycles. The number of hydrogen-bond donors (Lipinski definition) is 1. The molecule has 1 N–H and O–H groups in total. The van der Waals surface area contributed by atoms with Crippen LogP contribution in [0.15, 0.2) is 0 Å². The Labute approximate surface area is 109 Å². The van der Waals surface area contributed by atoms with Crippen LogP contribution in [0.1, 0.15) is 79.1 Å². The van der Waals surface area contributed by atoms with Gasteiger partial charge in [0.1, 0.15) is 0 Å². The van der Waals surface area contributed by atoms with E-state index in [1.54, 1.807) is 0 Å².